The van der Waals surface area contributed by atoms with E-state index < -0.39 is 5.97 Å². The highest BCUT2D eigenvalue weighted by Gasteiger charge is 2.13. The minimum absolute atomic E-state index is 0.453. The molecule has 0 aliphatic rings. The van der Waals surface area contributed by atoms with Crippen LogP contribution in [0.2, 0.25) is 0 Å². The Morgan fingerprint density at radius 2 is 2.20 bits per heavy atom. The van der Waals surface area contributed by atoms with Crippen LogP contribution >= 0.6 is 0 Å². The van der Waals surface area contributed by atoms with Crippen LogP contribution in [0.3, 0.4) is 0 Å². The van der Waals surface area contributed by atoms with Crippen LogP contribution in [0, 0.1) is 0 Å². The highest BCUT2D eigenvalue weighted by atomic mass is 16.4. The van der Waals surface area contributed by atoms with Gasteiger partial charge >= 0.3 is 5.97 Å². The summed E-state index contributed by atoms with van der Waals surface area (Å²) < 4.78 is 0. The number of pyridine rings is 1. The zero-order valence-electron chi connectivity index (χ0n) is 12.5. The van der Waals surface area contributed by atoms with Crippen LogP contribution in [0.4, 0.5) is 5.82 Å². The molecule has 0 saturated carbocycles. The van der Waals surface area contributed by atoms with Crippen molar-refractivity contribution in [2.24, 2.45) is 0 Å². The van der Waals surface area contributed by atoms with Gasteiger partial charge in [0.1, 0.15) is 5.82 Å². The average molecular weight is 276 g/mol. The zero-order valence-corrected chi connectivity index (χ0v) is 12.5. The third-order valence-corrected chi connectivity index (χ3v) is 3.36. The van der Waals surface area contributed by atoms with E-state index in [9.17, 15) is 4.79 Å². The smallest absolute Gasteiger partial charge is 0.328 e. The molecule has 0 spiro atoms. The Labute approximate surface area is 121 Å². The van der Waals surface area contributed by atoms with Crippen LogP contribution in [-0.2, 0) is 4.79 Å². The molecule has 1 N–H and O–H groups in total. The molecular formula is C16H24N2O2. The van der Waals surface area contributed by atoms with Gasteiger partial charge in [0.2, 0.25) is 0 Å². The molecule has 0 saturated heterocycles. The Balaban J connectivity index is 2.84. The van der Waals surface area contributed by atoms with Crippen LogP contribution in [0.5, 0.6) is 0 Å². The van der Waals surface area contributed by atoms with Crippen LogP contribution in [0.25, 0.3) is 6.08 Å². The fourth-order valence-corrected chi connectivity index (χ4v) is 1.94. The summed E-state index contributed by atoms with van der Waals surface area (Å²) in [5.41, 5.74) is 0.802. The molecule has 1 aromatic heterocycles. The lowest BCUT2D eigenvalue weighted by Gasteiger charge is -2.29. The Morgan fingerprint density at radius 3 is 2.70 bits per heavy atom. The fraction of sp³-hybridized carbons (Fsp3) is 0.500. The summed E-state index contributed by atoms with van der Waals surface area (Å²) in [5, 5.41) is 8.60. The first-order chi connectivity index (χ1) is 9.58. The monoisotopic (exact) mass is 276 g/mol. The number of carboxylic acid groups (broad SMARTS) is 1. The maximum absolute atomic E-state index is 10.5. The van der Waals surface area contributed by atoms with E-state index in [1.54, 1.807) is 12.3 Å². The van der Waals surface area contributed by atoms with Crippen LogP contribution < -0.4 is 4.90 Å². The van der Waals surface area contributed by atoms with Gasteiger partial charge in [-0.2, -0.15) is 0 Å². The summed E-state index contributed by atoms with van der Waals surface area (Å²) in [7, 11) is 0. The Kier molecular flexibility index (Phi) is 6.77. The third kappa shape index (κ3) is 5.03. The topological polar surface area (TPSA) is 53.4 Å². The second kappa shape index (κ2) is 8.35. The van der Waals surface area contributed by atoms with Crippen LogP contribution in [-0.4, -0.2) is 28.6 Å². The molecule has 1 atom stereocenters. The van der Waals surface area contributed by atoms with Gasteiger partial charge in [-0.1, -0.05) is 20.3 Å². The molecule has 1 unspecified atom stereocenters. The summed E-state index contributed by atoms with van der Waals surface area (Å²) in [5.74, 6) is 0.0125. The maximum atomic E-state index is 10.5. The van der Waals surface area contributed by atoms with Gasteiger partial charge in [-0.3, -0.25) is 0 Å². The van der Waals surface area contributed by atoms with E-state index in [4.69, 9.17) is 5.11 Å². The number of aliphatic carboxylic acids is 1. The number of nitrogens with zero attached hydrogens (tertiary/aromatic N) is 2. The molecule has 1 aromatic rings. The molecule has 20 heavy (non-hydrogen) atoms. The van der Waals surface area contributed by atoms with E-state index >= 15 is 0 Å². The van der Waals surface area contributed by atoms with Gasteiger partial charge in [0.15, 0.2) is 0 Å². The molecule has 4 heteroatoms. The largest absolute Gasteiger partial charge is 0.478 e. The van der Waals surface area contributed by atoms with Crippen LogP contribution in [0.1, 0.15) is 45.6 Å². The lowest BCUT2D eigenvalue weighted by Crippen LogP contribution is -2.34. The van der Waals surface area contributed by atoms with E-state index in [-0.39, 0.29) is 0 Å². The first-order valence-electron chi connectivity index (χ1n) is 7.22. The molecule has 110 valence electrons. The van der Waals surface area contributed by atoms with E-state index in [0.717, 1.165) is 43.3 Å². The van der Waals surface area contributed by atoms with Gasteiger partial charge in [-0.25, -0.2) is 9.78 Å². The Bertz CT molecular complexity index is 440. The van der Waals surface area contributed by atoms with Gasteiger partial charge < -0.3 is 10.0 Å². The number of unbranched alkanes of at least 4 members (excludes halogenated alkanes) is 1. The molecule has 0 fully saturated rings. The van der Waals surface area contributed by atoms with Crippen molar-refractivity contribution in [3.05, 3.63) is 30.0 Å². The summed E-state index contributed by atoms with van der Waals surface area (Å²) in [4.78, 5) is 17.3. The molecule has 0 aromatic carbocycles. The predicted molar refractivity (Wildman–Crippen MR) is 82.9 cm³/mol. The standard InChI is InChI=1S/C16H24N2O2/c1-4-6-11-18(13(3)5-2)15-9-7-14(12-17-15)8-10-16(19)20/h7-10,12-13H,4-6,11H2,1-3H3,(H,19,20)/b10-8+. The first kappa shape index (κ1) is 16.2. The van der Waals surface area contributed by atoms with Crippen molar-refractivity contribution in [1.29, 1.82) is 0 Å². The van der Waals surface area contributed by atoms with Crippen molar-refractivity contribution in [3.8, 4) is 0 Å². The molecule has 1 rings (SSSR count). The lowest BCUT2D eigenvalue weighted by atomic mass is 10.2. The maximum Gasteiger partial charge on any atom is 0.328 e. The number of rotatable bonds is 8. The minimum atomic E-state index is -0.946. The van der Waals surface area contributed by atoms with Crippen molar-refractivity contribution >= 4 is 17.9 Å². The average Bonchev–Trinajstić information content (AvgIpc) is 2.46. The van der Waals surface area contributed by atoms with Crippen molar-refractivity contribution < 1.29 is 9.90 Å². The van der Waals surface area contributed by atoms with Gasteiger partial charge in [0.25, 0.3) is 0 Å². The van der Waals surface area contributed by atoms with E-state index in [1.165, 1.54) is 0 Å². The zero-order chi connectivity index (χ0) is 15.0. The van der Waals surface area contributed by atoms with Crippen molar-refractivity contribution in [2.75, 3.05) is 11.4 Å². The molecule has 0 bridgehead atoms. The lowest BCUT2D eigenvalue weighted by molar-refractivity contribution is -0.131. The normalized spacial score (nSPS) is 12.6. The van der Waals surface area contributed by atoms with E-state index in [0.29, 0.717) is 6.04 Å². The van der Waals surface area contributed by atoms with E-state index in [2.05, 4.69) is 30.7 Å². The first-order valence-corrected chi connectivity index (χ1v) is 7.22. The second-order valence-corrected chi connectivity index (χ2v) is 4.93. The minimum Gasteiger partial charge on any atom is -0.478 e. The third-order valence-electron chi connectivity index (χ3n) is 3.36. The summed E-state index contributed by atoms with van der Waals surface area (Å²) >= 11 is 0. The number of aromatic nitrogens is 1. The van der Waals surface area contributed by atoms with Crippen molar-refractivity contribution in [1.82, 2.24) is 4.98 Å². The fourth-order valence-electron chi connectivity index (χ4n) is 1.94. The number of hydrogen-bond donors (Lipinski definition) is 1. The van der Waals surface area contributed by atoms with Crippen molar-refractivity contribution in [2.45, 2.75) is 46.1 Å². The molecule has 0 amide bonds. The number of anilines is 1. The summed E-state index contributed by atoms with van der Waals surface area (Å²) in [6, 6.07) is 4.32. The highest BCUT2D eigenvalue weighted by molar-refractivity contribution is 5.85. The molecule has 1 heterocycles. The summed E-state index contributed by atoms with van der Waals surface area (Å²) in [6.45, 7) is 7.56. The Morgan fingerprint density at radius 1 is 1.45 bits per heavy atom. The van der Waals surface area contributed by atoms with Gasteiger partial charge in [-0.15, -0.1) is 0 Å². The SMILES string of the molecule is CCCCN(c1ccc(/C=C/C(=O)O)cn1)C(C)CC. The molecular weight excluding hydrogens is 252 g/mol. The van der Waals surface area contributed by atoms with Gasteiger partial charge in [0, 0.05) is 24.9 Å². The van der Waals surface area contributed by atoms with E-state index in [1.807, 2.05) is 12.1 Å². The Hall–Kier alpha value is -1.84. The van der Waals surface area contributed by atoms with Gasteiger partial charge in [-0.05, 0) is 43.5 Å². The molecule has 0 aliphatic heterocycles. The predicted octanol–water partition coefficient (Wildman–Crippen LogP) is 3.58. The molecule has 4 nitrogen and oxygen atoms in total. The molecule has 0 aliphatic carbocycles. The quantitative estimate of drug-likeness (QED) is 0.737. The molecule has 0 radical (unpaired) electrons. The van der Waals surface area contributed by atoms with Crippen molar-refractivity contribution in [3.63, 3.8) is 0 Å². The van der Waals surface area contributed by atoms with Crippen LogP contribution in [0.15, 0.2) is 24.4 Å². The highest BCUT2D eigenvalue weighted by Crippen LogP contribution is 2.17. The van der Waals surface area contributed by atoms with Gasteiger partial charge in [0.05, 0.1) is 0 Å². The summed E-state index contributed by atoms with van der Waals surface area (Å²) in [6.07, 6.45) is 7.78. The number of carboxylic acids is 1. The number of hydrogen-bond acceptors (Lipinski definition) is 3. The number of carbonyl (C=O) groups is 1. The second-order valence-electron chi connectivity index (χ2n) is 4.93.